The smallest absolute Gasteiger partial charge is 0.250 e. The van der Waals surface area contributed by atoms with Gasteiger partial charge in [0.1, 0.15) is 0 Å². The molecule has 1 amide bonds. The number of primary amides is 1. The van der Waals surface area contributed by atoms with Gasteiger partial charge in [-0.2, -0.15) is 0 Å². The molecule has 2 unspecified atom stereocenters. The van der Waals surface area contributed by atoms with Gasteiger partial charge in [0.25, 0.3) is 5.91 Å². The SMILES string of the molecule is CC1CC(CN)CN1c1ccccc1C(N)=O. The van der Waals surface area contributed by atoms with Gasteiger partial charge in [0, 0.05) is 18.3 Å². The first-order valence-corrected chi connectivity index (χ1v) is 5.99. The fraction of sp³-hybridized carbons (Fsp3) is 0.462. The molecule has 0 spiro atoms. The molecule has 1 aromatic rings. The van der Waals surface area contributed by atoms with Crippen molar-refractivity contribution < 1.29 is 4.79 Å². The largest absolute Gasteiger partial charge is 0.368 e. The first-order valence-electron chi connectivity index (χ1n) is 5.99. The van der Waals surface area contributed by atoms with E-state index < -0.39 is 0 Å². The number of carbonyl (C=O) groups is 1. The lowest BCUT2D eigenvalue weighted by atomic mass is 10.1. The van der Waals surface area contributed by atoms with E-state index in [-0.39, 0.29) is 5.91 Å². The fourth-order valence-corrected chi connectivity index (χ4v) is 2.58. The number of nitrogens with two attached hydrogens (primary N) is 2. The van der Waals surface area contributed by atoms with Crippen LogP contribution in [0.15, 0.2) is 24.3 Å². The zero-order chi connectivity index (χ0) is 12.4. The molecule has 0 aliphatic carbocycles. The molecule has 4 nitrogen and oxygen atoms in total. The maximum atomic E-state index is 11.4. The van der Waals surface area contributed by atoms with Crippen molar-refractivity contribution in [2.45, 2.75) is 19.4 Å². The van der Waals surface area contributed by atoms with Crippen LogP contribution in [0.4, 0.5) is 5.69 Å². The number of nitrogens with zero attached hydrogens (tertiary/aromatic N) is 1. The lowest BCUT2D eigenvalue weighted by molar-refractivity contribution is 0.100. The molecule has 2 atom stereocenters. The zero-order valence-corrected chi connectivity index (χ0v) is 10.1. The number of hydrogen-bond acceptors (Lipinski definition) is 3. The van der Waals surface area contributed by atoms with Gasteiger partial charge < -0.3 is 16.4 Å². The molecule has 1 fully saturated rings. The summed E-state index contributed by atoms with van der Waals surface area (Å²) < 4.78 is 0. The van der Waals surface area contributed by atoms with Gasteiger partial charge in [-0.15, -0.1) is 0 Å². The Morgan fingerprint density at radius 3 is 2.76 bits per heavy atom. The van der Waals surface area contributed by atoms with Crippen LogP contribution in [0.3, 0.4) is 0 Å². The second kappa shape index (κ2) is 4.75. The molecule has 0 radical (unpaired) electrons. The summed E-state index contributed by atoms with van der Waals surface area (Å²) in [5.74, 6) is 0.134. The third-order valence-corrected chi connectivity index (χ3v) is 3.47. The second-order valence-electron chi connectivity index (χ2n) is 4.72. The number of anilines is 1. The number of para-hydroxylation sites is 1. The lowest BCUT2D eigenvalue weighted by Gasteiger charge is -2.25. The fourth-order valence-electron chi connectivity index (χ4n) is 2.58. The average molecular weight is 233 g/mol. The van der Waals surface area contributed by atoms with Crippen LogP contribution >= 0.6 is 0 Å². The number of carbonyl (C=O) groups excluding carboxylic acids is 1. The van der Waals surface area contributed by atoms with Crippen LogP contribution in [-0.2, 0) is 0 Å². The van der Waals surface area contributed by atoms with Crippen molar-refractivity contribution in [2.75, 3.05) is 18.0 Å². The van der Waals surface area contributed by atoms with Crippen LogP contribution in [0, 0.1) is 5.92 Å². The number of hydrogen-bond donors (Lipinski definition) is 2. The topological polar surface area (TPSA) is 72.3 Å². The minimum atomic E-state index is -0.371. The highest BCUT2D eigenvalue weighted by Crippen LogP contribution is 2.30. The summed E-state index contributed by atoms with van der Waals surface area (Å²) in [4.78, 5) is 13.6. The zero-order valence-electron chi connectivity index (χ0n) is 10.1. The maximum absolute atomic E-state index is 11.4. The molecule has 17 heavy (non-hydrogen) atoms. The Labute approximate surface area is 102 Å². The molecule has 2 rings (SSSR count). The van der Waals surface area contributed by atoms with Gasteiger partial charge in [-0.3, -0.25) is 4.79 Å². The van der Waals surface area contributed by atoms with Crippen molar-refractivity contribution in [3.05, 3.63) is 29.8 Å². The lowest BCUT2D eigenvalue weighted by Crippen LogP contribution is -2.30. The molecular formula is C13H19N3O. The summed E-state index contributed by atoms with van der Waals surface area (Å²) in [6, 6.07) is 7.91. The minimum Gasteiger partial charge on any atom is -0.368 e. The normalized spacial score (nSPS) is 24.0. The summed E-state index contributed by atoms with van der Waals surface area (Å²) in [6.07, 6.45) is 1.07. The quantitative estimate of drug-likeness (QED) is 0.816. The molecule has 1 aliphatic heterocycles. The van der Waals surface area contributed by atoms with E-state index in [4.69, 9.17) is 11.5 Å². The van der Waals surface area contributed by atoms with Crippen LogP contribution in [0.2, 0.25) is 0 Å². The van der Waals surface area contributed by atoms with Gasteiger partial charge in [0.15, 0.2) is 0 Å². The van der Waals surface area contributed by atoms with Crippen molar-refractivity contribution in [3.8, 4) is 0 Å². The Hall–Kier alpha value is -1.55. The second-order valence-corrected chi connectivity index (χ2v) is 4.72. The molecule has 4 heteroatoms. The molecule has 92 valence electrons. The Balaban J connectivity index is 2.31. The van der Waals surface area contributed by atoms with Crippen LogP contribution in [0.5, 0.6) is 0 Å². The highest BCUT2D eigenvalue weighted by atomic mass is 16.1. The molecule has 4 N–H and O–H groups in total. The Morgan fingerprint density at radius 2 is 2.18 bits per heavy atom. The van der Waals surface area contributed by atoms with E-state index in [1.165, 1.54) is 0 Å². The molecule has 1 aliphatic rings. The van der Waals surface area contributed by atoms with Crippen LogP contribution in [-0.4, -0.2) is 25.0 Å². The maximum Gasteiger partial charge on any atom is 0.250 e. The van der Waals surface area contributed by atoms with Gasteiger partial charge >= 0.3 is 0 Å². The highest BCUT2D eigenvalue weighted by molar-refractivity contribution is 5.98. The Bertz CT molecular complexity index is 419. The minimum absolute atomic E-state index is 0.371. The van der Waals surface area contributed by atoms with Crippen LogP contribution < -0.4 is 16.4 Å². The third-order valence-electron chi connectivity index (χ3n) is 3.47. The van der Waals surface area contributed by atoms with Gasteiger partial charge in [0.05, 0.1) is 5.56 Å². The molecule has 1 heterocycles. The first kappa shape index (κ1) is 11.9. The van der Waals surface area contributed by atoms with E-state index in [0.29, 0.717) is 24.1 Å². The summed E-state index contributed by atoms with van der Waals surface area (Å²) in [5.41, 5.74) is 12.6. The van der Waals surface area contributed by atoms with E-state index in [2.05, 4.69) is 11.8 Å². The van der Waals surface area contributed by atoms with Gasteiger partial charge in [-0.1, -0.05) is 12.1 Å². The predicted molar refractivity (Wildman–Crippen MR) is 68.9 cm³/mol. The third kappa shape index (κ3) is 2.26. The molecule has 0 bridgehead atoms. The highest BCUT2D eigenvalue weighted by Gasteiger charge is 2.29. The Kier molecular flexibility index (Phi) is 3.33. The number of rotatable bonds is 3. The van der Waals surface area contributed by atoms with E-state index in [0.717, 1.165) is 18.7 Å². The van der Waals surface area contributed by atoms with Crippen molar-refractivity contribution in [3.63, 3.8) is 0 Å². The molecule has 1 aromatic carbocycles. The number of amides is 1. The summed E-state index contributed by atoms with van der Waals surface area (Å²) in [7, 11) is 0. The molecular weight excluding hydrogens is 214 g/mol. The van der Waals surface area contributed by atoms with E-state index in [9.17, 15) is 4.79 Å². The van der Waals surface area contributed by atoms with Crippen molar-refractivity contribution in [2.24, 2.45) is 17.4 Å². The molecule has 0 aromatic heterocycles. The Morgan fingerprint density at radius 1 is 1.47 bits per heavy atom. The summed E-state index contributed by atoms with van der Waals surface area (Å²) in [5, 5.41) is 0. The first-order chi connectivity index (χ1) is 8.13. The van der Waals surface area contributed by atoms with Crippen LogP contribution in [0.1, 0.15) is 23.7 Å². The van der Waals surface area contributed by atoms with Gasteiger partial charge in [-0.25, -0.2) is 0 Å². The van der Waals surface area contributed by atoms with Crippen molar-refractivity contribution in [1.29, 1.82) is 0 Å². The summed E-state index contributed by atoms with van der Waals surface area (Å²) >= 11 is 0. The average Bonchev–Trinajstić information content (AvgIpc) is 2.70. The van der Waals surface area contributed by atoms with Crippen molar-refractivity contribution >= 4 is 11.6 Å². The van der Waals surface area contributed by atoms with E-state index >= 15 is 0 Å². The van der Waals surface area contributed by atoms with Gasteiger partial charge in [-0.05, 0) is 37.9 Å². The van der Waals surface area contributed by atoms with Crippen LogP contribution in [0.25, 0.3) is 0 Å². The van der Waals surface area contributed by atoms with Gasteiger partial charge in [0.2, 0.25) is 0 Å². The van der Waals surface area contributed by atoms with E-state index in [1.807, 2.05) is 18.2 Å². The molecule has 0 saturated carbocycles. The monoisotopic (exact) mass is 233 g/mol. The molecule has 1 saturated heterocycles. The van der Waals surface area contributed by atoms with Crippen molar-refractivity contribution in [1.82, 2.24) is 0 Å². The number of benzene rings is 1. The summed E-state index contributed by atoms with van der Waals surface area (Å²) in [6.45, 7) is 3.76. The predicted octanol–water partition coefficient (Wildman–Crippen LogP) is 0.959. The standard InChI is InChI=1S/C13H19N3O/c1-9-6-10(7-14)8-16(9)12-5-3-2-4-11(12)13(15)17/h2-5,9-10H,6-8,14H2,1H3,(H2,15,17). The van der Waals surface area contributed by atoms with E-state index in [1.54, 1.807) is 6.07 Å².